The molecule has 2 rings (SSSR count). The van der Waals surface area contributed by atoms with Gasteiger partial charge in [0, 0.05) is 16.5 Å². The van der Waals surface area contributed by atoms with E-state index in [1.54, 1.807) is 11.3 Å². The van der Waals surface area contributed by atoms with E-state index in [1.807, 2.05) is 24.3 Å². The third-order valence-corrected chi connectivity index (χ3v) is 6.37. The first-order valence-corrected chi connectivity index (χ1v) is 11.0. The van der Waals surface area contributed by atoms with Gasteiger partial charge in [-0.2, -0.15) is 0 Å². The van der Waals surface area contributed by atoms with Crippen molar-refractivity contribution in [2.24, 2.45) is 0 Å². The fraction of sp³-hybridized carbons (Fsp3) is 0.522. The standard InChI is InChI=1S/C23H34N2OS/c1-6-24(7-2)15-8-9-20(5)25(17-22-19(4)14-16-27-22)23(26)21-12-10-18(3)11-13-21/h10-14,16,20H,6-9,15,17H2,1-5H3. The molecule has 0 fully saturated rings. The molecule has 2 aromatic rings. The van der Waals surface area contributed by atoms with Crippen LogP contribution in [-0.4, -0.2) is 41.4 Å². The van der Waals surface area contributed by atoms with Gasteiger partial charge in [-0.05, 0) is 82.4 Å². The fourth-order valence-corrected chi connectivity index (χ4v) is 4.22. The third-order valence-electron chi connectivity index (χ3n) is 5.36. The highest BCUT2D eigenvalue weighted by atomic mass is 32.1. The average molecular weight is 387 g/mol. The summed E-state index contributed by atoms with van der Waals surface area (Å²) in [4.78, 5) is 19.1. The van der Waals surface area contributed by atoms with Gasteiger partial charge >= 0.3 is 0 Å². The van der Waals surface area contributed by atoms with Gasteiger partial charge < -0.3 is 9.80 Å². The highest BCUT2D eigenvalue weighted by Gasteiger charge is 2.23. The van der Waals surface area contributed by atoms with Gasteiger partial charge in [0.05, 0.1) is 6.54 Å². The Kier molecular flexibility index (Phi) is 8.52. The molecule has 1 amide bonds. The van der Waals surface area contributed by atoms with Gasteiger partial charge in [-0.1, -0.05) is 31.5 Å². The molecule has 27 heavy (non-hydrogen) atoms. The SMILES string of the molecule is CCN(CC)CCCC(C)N(Cc1sccc1C)C(=O)c1ccc(C)cc1. The Hall–Kier alpha value is -1.65. The van der Waals surface area contributed by atoms with Crippen molar-refractivity contribution in [1.29, 1.82) is 0 Å². The molecule has 0 aliphatic carbocycles. The number of rotatable bonds is 10. The van der Waals surface area contributed by atoms with Crippen molar-refractivity contribution in [3.63, 3.8) is 0 Å². The number of carbonyl (C=O) groups excluding carboxylic acids is 1. The molecule has 0 aliphatic rings. The summed E-state index contributed by atoms with van der Waals surface area (Å²) in [5.74, 6) is 0.137. The molecular weight excluding hydrogens is 352 g/mol. The Labute approximate surface area is 169 Å². The molecule has 3 nitrogen and oxygen atoms in total. The van der Waals surface area contributed by atoms with Crippen molar-refractivity contribution in [3.8, 4) is 0 Å². The summed E-state index contributed by atoms with van der Waals surface area (Å²) in [6.07, 6.45) is 2.14. The first kappa shape index (κ1) is 21.6. The maximum atomic E-state index is 13.3. The molecule has 0 saturated carbocycles. The molecule has 4 heteroatoms. The number of carbonyl (C=O) groups is 1. The second-order valence-corrected chi connectivity index (χ2v) is 8.34. The molecule has 0 spiro atoms. The number of aryl methyl sites for hydroxylation is 2. The molecular formula is C23H34N2OS. The summed E-state index contributed by atoms with van der Waals surface area (Å²) in [6, 6.07) is 10.3. The van der Waals surface area contributed by atoms with E-state index in [9.17, 15) is 4.79 Å². The summed E-state index contributed by atoms with van der Waals surface area (Å²) in [5.41, 5.74) is 3.24. The lowest BCUT2D eigenvalue weighted by Gasteiger charge is -2.30. The molecule has 1 aromatic heterocycles. The van der Waals surface area contributed by atoms with Gasteiger partial charge in [0.25, 0.3) is 5.91 Å². The predicted octanol–water partition coefficient (Wildman–Crippen LogP) is 5.52. The van der Waals surface area contributed by atoms with Crippen molar-refractivity contribution in [1.82, 2.24) is 9.80 Å². The Bertz CT molecular complexity index is 703. The second-order valence-electron chi connectivity index (χ2n) is 7.34. The minimum Gasteiger partial charge on any atom is -0.331 e. The smallest absolute Gasteiger partial charge is 0.254 e. The quantitative estimate of drug-likeness (QED) is 0.537. The Morgan fingerprint density at radius 3 is 2.30 bits per heavy atom. The van der Waals surface area contributed by atoms with Crippen molar-refractivity contribution in [2.75, 3.05) is 19.6 Å². The number of thiophene rings is 1. The van der Waals surface area contributed by atoms with Gasteiger partial charge in [0.2, 0.25) is 0 Å². The molecule has 1 atom stereocenters. The summed E-state index contributed by atoms with van der Waals surface area (Å²) in [5, 5.41) is 2.12. The van der Waals surface area contributed by atoms with Crippen LogP contribution >= 0.6 is 11.3 Å². The van der Waals surface area contributed by atoms with E-state index in [4.69, 9.17) is 0 Å². The number of nitrogens with zero attached hydrogens (tertiary/aromatic N) is 2. The lowest BCUT2D eigenvalue weighted by molar-refractivity contribution is 0.0664. The average Bonchev–Trinajstić information content (AvgIpc) is 3.08. The molecule has 148 valence electrons. The molecule has 0 aliphatic heterocycles. The number of amides is 1. The molecule has 0 bridgehead atoms. The van der Waals surface area contributed by atoms with Gasteiger partial charge in [0.15, 0.2) is 0 Å². The van der Waals surface area contributed by atoms with Crippen LogP contribution in [0, 0.1) is 13.8 Å². The van der Waals surface area contributed by atoms with Crippen LogP contribution in [0.3, 0.4) is 0 Å². The van der Waals surface area contributed by atoms with Crippen LogP contribution in [0.5, 0.6) is 0 Å². The molecule has 1 unspecified atom stereocenters. The van der Waals surface area contributed by atoms with E-state index in [2.05, 4.69) is 55.9 Å². The lowest BCUT2D eigenvalue weighted by Crippen LogP contribution is -2.38. The van der Waals surface area contributed by atoms with Crippen LogP contribution in [0.2, 0.25) is 0 Å². The van der Waals surface area contributed by atoms with Crippen LogP contribution in [-0.2, 0) is 6.54 Å². The number of benzene rings is 1. The highest BCUT2D eigenvalue weighted by Crippen LogP contribution is 2.22. The molecule has 1 heterocycles. The predicted molar refractivity (Wildman–Crippen MR) is 117 cm³/mol. The summed E-state index contributed by atoms with van der Waals surface area (Å²) in [6.45, 7) is 14.8. The highest BCUT2D eigenvalue weighted by molar-refractivity contribution is 7.10. The van der Waals surface area contributed by atoms with E-state index < -0.39 is 0 Å². The van der Waals surface area contributed by atoms with E-state index in [0.29, 0.717) is 6.54 Å². The normalized spacial score (nSPS) is 12.4. The van der Waals surface area contributed by atoms with E-state index >= 15 is 0 Å². The summed E-state index contributed by atoms with van der Waals surface area (Å²) in [7, 11) is 0. The first-order valence-electron chi connectivity index (χ1n) is 10.1. The summed E-state index contributed by atoms with van der Waals surface area (Å²) < 4.78 is 0. The van der Waals surface area contributed by atoms with Crippen LogP contribution in [0.1, 0.15) is 60.0 Å². The van der Waals surface area contributed by atoms with Crippen LogP contribution in [0.15, 0.2) is 35.7 Å². The van der Waals surface area contributed by atoms with Gasteiger partial charge in [-0.3, -0.25) is 4.79 Å². The topological polar surface area (TPSA) is 23.6 Å². The molecule has 1 aromatic carbocycles. The minimum absolute atomic E-state index is 0.137. The summed E-state index contributed by atoms with van der Waals surface area (Å²) >= 11 is 1.74. The Balaban J connectivity index is 2.12. The lowest BCUT2D eigenvalue weighted by atomic mass is 10.1. The maximum absolute atomic E-state index is 13.3. The zero-order chi connectivity index (χ0) is 19.8. The van der Waals surface area contributed by atoms with Crippen LogP contribution in [0.4, 0.5) is 0 Å². The van der Waals surface area contributed by atoms with E-state index in [1.165, 1.54) is 16.0 Å². The largest absolute Gasteiger partial charge is 0.331 e. The van der Waals surface area contributed by atoms with Gasteiger partial charge in [-0.25, -0.2) is 0 Å². The third kappa shape index (κ3) is 6.18. The second kappa shape index (κ2) is 10.6. The number of hydrogen-bond donors (Lipinski definition) is 0. The van der Waals surface area contributed by atoms with E-state index in [-0.39, 0.29) is 11.9 Å². The van der Waals surface area contributed by atoms with Gasteiger partial charge in [0.1, 0.15) is 0 Å². The van der Waals surface area contributed by atoms with Crippen LogP contribution in [0.25, 0.3) is 0 Å². The van der Waals surface area contributed by atoms with Crippen molar-refractivity contribution in [3.05, 3.63) is 57.3 Å². The van der Waals surface area contributed by atoms with Gasteiger partial charge in [-0.15, -0.1) is 11.3 Å². The number of hydrogen-bond acceptors (Lipinski definition) is 3. The fourth-order valence-electron chi connectivity index (χ4n) is 3.32. The Morgan fingerprint density at radius 2 is 1.74 bits per heavy atom. The van der Waals surface area contributed by atoms with Crippen LogP contribution < -0.4 is 0 Å². The first-order chi connectivity index (χ1) is 13.0. The maximum Gasteiger partial charge on any atom is 0.254 e. The monoisotopic (exact) mass is 386 g/mol. The van der Waals surface area contributed by atoms with Crippen molar-refractivity contribution >= 4 is 17.2 Å². The zero-order valence-corrected chi connectivity index (χ0v) is 18.3. The Morgan fingerprint density at radius 1 is 1.07 bits per heavy atom. The van der Waals surface area contributed by atoms with Crippen molar-refractivity contribution in [2.45, 2.75) is 60.0 Å². The molecule has 0 N–H and O–H groups in total. The van der Waals surface area contributed by atoms with Crippen molar-refractivity contribution < 1.29 is 4.79 Å². The molecule has 0 radical (unpaired) electrons. The van der Waals surface area contributed by atoms with E-state index in [0.717, 1.165) is 38.0 Å². The minimum atomic E-state index is 0.137. The molecule has 0 saturated heterocycles. The zero-order valence-electron chi connectivity index (χ0n) is 17.5.